The van der Waals surface area contributed by atoms with Crippen LogP contribution in [0.15, 0.2) is 35.4 Å². The maximum absolute atomic E-state index is 11.5. The van der Waals surface area contributed by atoms with Crippen LogP contribution in [-0.2, 0) is 0 Å². The summed E-state index contributed by atoms with van der Waals surface area (Å²) in [6.45, 7) is 0. The lowest BCUT2D eigenvalue weighted by Crippen LogP contribution is -2.05. The van der Waals surface area contributed by atoms with Gasteiger partial charge < -0.3 is 4.98 Å². The van der Waals surface area contributed by atoms with Gasteiger partial charge in [0, 0.05) is 5.02 Å². The van der Waals surface area contributed by atoms with E-state index in [1.54, 1.807) is 12.1 Å². The lowest BCUT2D eigenvalue weighted by molar-refractivity contribution is 1.17. The van der Waals surface area contributed by atoms with E-state index in [-0.39, 0.29) is 5.56 Å². The third-order valence-electron chi connectivity index (χ3n) is 2.38. The Balaban J connectivity index is 2.28. The van der Waals surface area contributed by atoms with E-state index in [2.05, 4.69) is 14.3 Å². The smallest absolute Gasteiger partial charge is 0.278 e. The molecule has 0 radical (unpaired) electrons. The molecule has 0 saturated carbocycles. The first-order chi connectivity index (χ1) is 8.25. The number of fused-ring (bicyclic) bond motifs is 1. The fourth-order valence-electron chi connectivity index (χ4n) is 1.57. The molecule has 1 aromatic carbocycles. The Morgan fingerprint density at radius 2 is 1.94 bits per heavy atom. The quantitative estimate of drug-likeness (QED) is 0.734. The van der Waals surface area contributed by atoms with Crippen LogP contribution in [0, 0.1) is 0 Å². The lowest BCUT2D eigenvalue weighted by Gasteiger charge is -1.97. The van der Waals surface area contributed by atoms with Crippen molar-refractivity contribution in [1.82, 2.24) is 14.3 Å². The van der Waals surface area contributed by atoms with Crippen LogP contribution < -0.4 is 5.56 Å². The molecular weight excluding hydrogens is 258 g/mol. The molecule has 3 aromatic rings. The van der Waals surface area contributed by atoms with Gasteiger partial charge in [0.1, 0.15) is 5.52 Å². The first kappa shape index (κ1) is 10.4. The highest BCUT2D eigenvalue weighted by Crippen LogP contribution is 2.30. The first-order valence-corrected chi connectivity index (χ1v) is 6.00. The van der Waals surface area contributed by atoms with E-state index < -0.39 is 0 Å². The van der Waals surface area contributed by atoms with Gasteiger partial charge in [-0.15, -0.1) is 0 Å². The topological polar surface area (TPSA) is 58.6 Å². The van der Waals surface area contributed by atoms with Gasteiger partial charge in [0.2, 0.25) is 0 Å². The Hall–Kier alpha value is -1.72. The number of hydrogen-bond donors (Lipinski definition) is 1. The standard InChI is InChI=1S/C11H6ClN3OS/c12-7-3-1-6(2-4-7)10-8-9(15-17-10)11(16)14-5-13-8/h1-5H,(H,13,14,16). The number of nitrogens with zero attached hydrogens (tertiary/aromatic N) is 2. The van der Waals surface area contributed by atoms with Crippen LogP contribution in [0.5, 0.6) is 0 Å². The second-order valence-corrected chi connectivity index (χ2v) is 4.66. The maximum Gasteiger partial charge on any atom is 0.278 e. The second-order valence-electron chi connectivity index (χ2n) is 3.45. The van der Waals surface area contributed by atoms with Gasteiger partial charge >= 0.3 is 0 Å². The molecule has 6 heteroatoms. The fraction of sp³-hybridized carbons (Fsp3) is 0. The minimum atomic E-state index is -0.216. The average molecular weight is 264 g/mol. The Morgan fingerprint density at radius 1 is 1.18 bits per heavy atom. The summed E-state index contributed by atoms with van der Waals surface area (Å²) in [6.07, 6.45) is 1.39. The van der Waals surface area contributed by atoms with Crippen molar-refractivity contribution in [3.05, 3.63) is 46.0 Å². The average Bonchev–Trinajstić information content (AvgIpc) is 2.75. The van der Waals surface area contributed by atoms with Gasteiger partial charge in [0.05, 0.1) is 11.2 Å². The van der Waals surface area contributed by atoms with Crippen LogP contribution in [-0.4, -0.2) is 14.3 Å². The van der Waals surface area contributed by atoms with Crippen molar-refractivity contribution in [1.29, 1.82) is 0 Å². The molecule has 0 spiro atoms. The molecule has 84 valence electrons. The van der Waals surface area contributed by atoms with Crippen LogP contribution in [0.4, 0.5) is 0 Å². The van der Waals surface area contributed by atoms with E-state index in [9.17, 15) is 4.79 Å². The summed E-state index contributed by atoms with van der Waals surface area (Å²) < 4.78 is 4.12. The minimum absolute atomic E-state index is 0.216. The number of halogens is 1. The summed E-state index contributed by atoms with van der Waals surface area (Å²) in [5.41, 5.74) is 1.75. The van der Waals surface area contributed by atoms with Crippen molar-refractivity contribution in [3.63, 3.8) is 0 Å². The number of nitrogens with one attached hydrogen (secondary N) is 1. The largest absolute Gasteiger partial charge is 0.311 e. The highest BCUT2D eigenvalue weighted by molar-refractivity contribution is 7.11. The number of H-pyrrole nitrogens is 1. The first-order valence-electron chi connectivity index (χ1n) is 4.85. The van der Waals surface area contributed by atoms with Crippen LogP contribution in [0.3, 0.4) is 0 Å². The van der Waals surface area contributed by atoms with Gasteiger partial charge in [-0.25, -0.2) is 4.98 Å². The number of hydrogen-bond acceptors (Lipinski definition) is 4. The third-order valence-corrected chi connectivity index (χ3v) is 3.52. The summed E-state index contributed by atoms with van der Waals surface area (Å²) >= 11 is 7.09. The van der Waals surface area contributed by atoms with E-state index in [0.29, 0.717) is 16.1 Å². The van der Waals surface area contributed by atoms with Gasteiger partial charge in [0.15, 0.2) is 5.52 Å². The summed E-state index contributed by atoms with van der Waals surface area (Å²) in [4.78, 5) is 19.0. The Bertz CT molecular complexity index is 732. The molecule has 0 aliphatic carbocycles. The van der Waals surface area contributed by atoms with Gasteiger partial charge in [-0.05, 0) is 29.2 Å². The predicted octanol–water partition coefficient (Wildman–Crippen LogP) is 2.70. The van der Waals surface area contributed by atoms with E-state index in [1.807, 2.05) is 12.1 Å². The predicted molar refractivity (Wildman–Crippen MR) is 68.5 cm³/mol. The summed E-state index contributed by atoms with van der Waals surface area (Å²) in [5.74, 6) is 0. The molecule has 3 rings (SSSR count). The molecule has 2 aromatic heterocycles. The molecule has 2 heterocycles. The number of aromatic amines is 1. The summed E-state index contributed by atoms with van der Waals surface area (Å²) in [5, 5.41) is 0.674. The van der Waals surface area contributed by atoms with Crippen molar-refractivity contribution < 1.29 is 0 Å². The molecule has 17 heavy (non-hydrogen) atoms. The molecule has 0 atom stereocenters. The molecule has 0 amide bonds. The van der Waals surface area contributed by atoms with Crippen molar-refractivity contribution in [2.45, 2.75) is 0 Å². The molecule has 4 nitrogen and oxygen atoms in total. The molecule has 1 N–H and O–H groups in total. The summed E-state index contributed by atoms with van der Waals surface area (Å²) in [6, 6.07) is 7.38. The van der Waals surface area contributed by atoms with Crippen molar-refractivity contribution >= 4 is 34.2 Å². The third kappa shape index (κ3) is 1.73. The van der Waals surface area contributed by atoms with Gasteiger partial charge in [-0.2, -0.15) is 4.37 Å². The lowest BCUT2D eigenvalue weighted by atomic mass is 10.2. The molecule has 0 unspecified atom stereocenters. The van der Waals surface area contributed by atoms with Crippen molar-refractivity contribution in [2.75, 3.05) is 0 Å². The SMILES string of the molecule is O=c1[nH]cnc2c(-c3ccc(Cl)cc3)snc12. The van der Waals surface area contributed by atoms with E-state index in [1.165, 1.54) is 17.9 Å². The van der Waals surface area contributed by atoms with Gasteiger partial charge in [-0.3, -0.25) is 4.79 Å². The van der Waals surface area contributed by atoms with Crippen molar-refractivity contribution in [3.8, 4) is 10.4 Å². The Morgan fingerprint density at radius 3 is 2.71 bits per heavy atom. The molecule has 0 fully saturated rings. The Kier molecular flexibility index (Phi) is 2.42. The number of rotatable bonds is 1. The minimum Gasteiger partial charge on any atom is -0.311 e. The highest BCUT2D eigenvalue weighted by Gasteiger charge is 2.11. The van der Waals surface area contributed by atoms with Crippen LogP contribution >= 0.6 is 23.1 Å². The monoisotopic (exact) mass is 263 g/mol. The zero-order chi connectivity index (χ0) is 11.8. The summed E-state index contributed by atoms with van der Waals surface area (Å²) in [7, 11) is 0. The zero-order valence-corrected chi connectivity index (χ0v) is 10.0. The second kappa shape index (κ2) is 3.94. The van der Waals surface area contributed by atoms with Crippen LogP contribution in [0.25, 0.3) is 21.5 Å². The van der Waals surface area contributed by atoms with Crippen LogP contribution in [0.2, 0.25) is 5.02 Å². The van der Waals surface area contributed by atoms with Crippen LogP contribution in [0.1, 0.15) is 0 Å². The van der Waals surface area contributed by atoms with E-state index in [0.717, 1.165) is 10.4 Å². The normalized spacial score (nSPS) is 10.9. The Labute approximate surface area is 105 Å². The van der Waals surface area contributed by atoms with Crippen molar-refractivity contribution in [2.24, 2.45) is 0 Å². The zero-order valence-electron chi connectivity index (χ0n) is 8.48. The van der Waals surface area contributed by atoms with Gasteiger partial charge in [-0.1, -0.05) is 23.7 Å². The van der Waals surface area contributed by atoms with Gasteiger partial charge in [0.25, 0.3) is 5.56 Å². The fourth-order valence-corrected chi connectivity index (χ4v) is 2.52. The molecule has 0 aliphatic rings. The van der Waals surface area contributed by atoms with E-state index >= 15 is 0 Å². The number of benzene rings is 1. The van der Waals surface area contributed by atoms with E-state index in [4.69, 9.17) is 11.6 Å². The molecule has 0 aliphatic heterocycles. The number of aromatic nitrogens is 3. The highest BCUT2D eigenvalue weighted by atomic mass is 35.5. The molecule has 0 bridgehead atoms. The molecular formula is C11H6ClN3OS. The molecule has 0 saturated heterocycles. The maximum atomic E-state index is 11.5.